The predicted octanol–water partition coefficient (Wildman–Crippen LogP) is 1.57. The summed E-state index contributed by atoms with van der Waals surface area (Å²) in [6, 6.07) is 4.78. The summed E-state index contributed by atoms with van der Waals surface area (Å²) in [5.41, 5.74) is 1.70. The molecule has 0 radical (unpaired) electrons. The van der Waals surface area contributed by atoms with Gasteiger partial charge < -0.3 is 15.2 Å². The Morgan fingerprint density at radius 2 is 2.29 bits per heavy atom. The van der Waals surface area contributed by atoms with Crippen molar-refractivity contribution in [1.29, 1.82) is 0 Å². The molecule has 0 amide bonds. The van der Waals surface area contributed by atoms with Gasteiger partial charge in [-0.3, -0.25) is 0 Å². The van der Waals surface area contributed by atoms with Crippen molar-refractivity contribution < 1.29 is 15.0 Å². The summed E-state index contributed by atoms with van der Waals surface area (Å²) in [6.07, 6.45) is 0.915. The predicted molar refractivity (Wildman–Crippen MR) is 63.1 cm³/mol. The highest BCUT2D eigenvalue weighted by molar-refractivity contribution is 5.92. The van der Waals surface area contributed by atoms with Gasteiger partial charge in [0.1, 0.15) is 5.82 Å². The zero-order valence-corrected chi connectivity index (χ0v) is 9.47. The number of H-pyrrole nitrogens is 1. The number of aliphatic hydroxyl groups excluding tert-OH is 1. The van der Waals surface area contributed by atoms with E-state index >= 15 is 0 Å². The normalized spacial score (nSPS) is 12.8. The third kappa shape index (κ3) is 2.62. The highest BCUT2D eigenvalue weighted by Gasteiger charge is 2.08. The second-order valence-corrected chi connectivity index (χ2v) is 4.11. The molecule has 5 nitrogen and oxygen atoms in total. The molecule has 0 fully saturated rings. The fourth-order valence-corrected chi connectivity index (χ4v) is 1.66. The number of nitrogens with zero attached hydrogens (tertiary/aromatic N) is 1. The number of carboxylic acids is 1. The van der Waals surface area contributed by atoms with Crippen molar-refractivity contribution in [2.45, 2.75) is 25.9 Å². The van der Waals surface area contributed by atoms with Crippen molar-refractivity contribution in [3.63, 3.8) is 0 Å². The molecule has 0 aliphatic rings. The number of aromatic amines is 1. The molecular weight excluding hydrogens is 220 g/mol. The largest absolute Gasteiger partial charge is 0.478 e. The summed E-state index contributed by atoms with van der Waals surface area (Å²) in [6.45, 7) is 1.73. The van der Waals surface area contributed by atoms with Crippen molar-refractivity contribution in [3.8, 4) is 0 Å². The Morgan fingerprint density at radius 1 is 1.53 bits per heavy atom. The number of nitrogens with one attached hydrogen (secondary N) is 1. The summed E-state index contributed by atoms with van der Waals surface area (Å²) < 4.78 is 0. The molecule has 1 aromatic carbocycles. The van der Waals surface area contributed by atoms with Crippen LogP contribution in [-0.4, -0.2) is 32.3 Å². The Morgan fingerprint density at radius 3 is 2.94 bits per heavy atom. The maximum absolute atomic E-state index is 10.8. The molecule has 1 atom stereocenters. The van der Waals surface area contributed by atoms with Gasteiger partial charge in [-0.2, -0.15) is 0 Å². The number of aromatic carboxylic acids is 1. The van der Waals surface area contributed by atoms with Gasteiger partial charge in [-0.1, -0.05) is 0 Å². The van der Waals surface area contributed by atoms with Crippen LogP contribution in [0.1, 0.15) is 29.5 Å². The number of fused-ring (bicyclic) bond motifs is 1. The first-order chi connectivity index (χ1) is 8.06. The van der Waals surface area contributed by atoms with E-state index in [2.05, 4.69) is 9.97 Å². The Labute approximate surface area is 98.1 Å². The van der Waals surface area contributed by atoms with E-state index in [0.717, 1.165) is 11.3 Å². The van der Waals surface area contributed by atoms with E-state index in [1.807, 2.05) is 0 Å². The standard InChI is InChI=1S/C12H14N2O3/c1-7(15)2-5-11-13-9-4-3-8(12(16)17)6-10(9)14-11/h3-4,6-7,15H,2,5H2,1H3,(H,13,14)(H,16,17)/t7-/m1/s1. The molecule has 2 aromatic rings. The molecule has 3 N–H and O–H groups in total. The molecule has 0 unspecified atom stereocenters. The lowest BCUT2D eigenvalue weighted by molar-refractivity contribution is 0.0697. The van der Waals surface area contributed by atoms with Gasteiger partial charge in [0, 0.05) is 6.42 Å². The summed E-state index contributed by atoms with van der Waals surface area (Å²) in [7, 11) is 0. The van der Waals surface area contributed by atoms with Gasteiger partial charge in [-0.05, 0) is 31.5 Å². The molecular formula is C12H14N2O3. The second kappa shape index (κ2) is 4.55. The van der Waals surface area contributed by atoms with Crippen LogP contribution in [0.5, 0.6) is 0 Å². The summed E-state index contributed by atoms with van der Waals surface area (Å²) in [5.74, 6) is -0.185. The highest BCUT2D eigenvalue weighted by Crippen LogP contribution is 2.15. The van der Waals surface area contributed by atoms with Gasteiger partial charge >= 0.3 is 5.97 Å². The van der Waals surface area contributed by atoms with Gasteiger partial charge in [0.25, 0.3) is 0 Å². The van der Waals surface area contributed by atoms with E-state index in [-0.39, 0.29) is 11.7 Å². The third-order valence-electron chi connectivity index (χ3n) is 2.58. The van der Waals surface area contributed by atoms with Gasteiger partial charge in [-0.25, -0.2) is 9.78 Å². The van der Waals surface area contributed by atoms with Crippen LogP contribution in [0, 0.1) is 0 Å². The molecule has 0 spiro atoms. The lowest BCUT2D eigenvalue weighted by atomic mass is 10.2. The minimum atomic E-state index is -0.952. The number of carbonyl (C=O) groups is 1. The molecule has 0 bridgehead atoms. The first-order valence-electron chi connectivity index (χ1n) is 5.46. The molecule has 1 heterocycles. The van der Waals surface area contributed by atoms with Gasteiger partial charge in [-0.15, -0.1) is 0 Å². The number of benzene rings is 1. The average molecular weight is 234 g/mol. The van der Waals surface area contributed by atoms with Gasteiger partial charge in [0.05, 0.1) is 22.7 Å². The van der Waals surface area contributed by atoms with Crippen LogP contribution in [-0.2, 0) is 6.42 Å². The number of imidazole rings is 1. The van der Waals surface area contributed by atoms with Crippen molar-refractivity contribution in [2.75, 3.05) is 0 Å². The van der Waals surface area contributed by atoms with E-state index in [0.29, 0.717) is 18.4 Å². The van der Waals surface area contributed by atoms with E-state index in [1.54, 1.807) is 19.1 Å². The molecule has 0 aliphatic heterocycles. The maximum Gasteiger partial charge on any atom is 0.335 e. The van der Waals surface area contributed by atoms with Crippen LogP contribution in [0.3, 0.4) is 0 Å². The molecule has 5 heteroatoms. The van der Waals surface area contributed by atoms with Crippen LogP contribution in [0.4, 0.5) is 0 Å². The lowest BCUT2D eigenvalue weighted by Gasteiger charge is -1.99. The smallest absolute Gasteiger partial charge is 0.335 e. The highest BCUT2D eigenvalue weighted by atomic mass is 16.4. The molecule has 0 saturated heterocycles. The van der Waals surface area contributed by atoms with E-state index in [9.17, 15) is 9.90 Å². The Hall–Kier alpha value is -1.88. The summed E-state index contributed by atoms with van der Waals surface area (Å²) >= 11 is 0. The van der Waals surface area contributed by atoms with Crippen LogP contribution in [0.25, 0.3) is 11.0 Å². The van der Waals surface area contributed by atoms with Crippen LogP contribution in [0.2, 0.25) is 0 Å². The number of rotatable bonds is 4. The maximum atomic E-state index is 10.8. The number of hydrogen-bond acceptors (Lipinski definition) is 3. The van der Waals surface area contributed by atoms with Crippen LogP contribution >= 0.6 is 0 Å². The Bertz CT molecular complexity index is 546. The topological polar surface area (TPSA) is 86.2 Å². The zero-order chi connectivity index (χ0) is 12.4. The first-order valence-corrected chi connectivity index (χ1v) is 5.46. The van der Waals surface area contributed by atoms with Crippen LogP contribution < -0.4 is 0 Å². The van der Waals surface area contributed by atoms with E-state index in [1.165, 1.54) is 6.07 Å². The minimum absolute atomic E-state index is 0.239. The lowest BCUT2D eigenvalue weighted by Crippen LogP contribution is -2.02. The number of aromatic nitrogens is 2. The van der Waals surface area contributed by atoms with Crippen LogP contribution in [0.15, 0.2) is 18.2 Å². The number of carboxylic acid groups (broad SMARTS) is 1. The van der Waals surface area contributed by atoms with E-state index < -0.39 is 5.97 Å². The Kier molecular flexibility index (Phi) is 3.10. The van der Waals surface area contributed by atoms with E-state index in [4.69, 9.17) is 5.11 Å². The SMILES string of the molecule is C[C@@H](O)CCc1nc2ccc(C(=O)O)cc2[nH]1. The number of hydrogen-bond donors (Lipinski definition) is 3. The summed E-state index contributed by atoms with van der Waals surface area (Å²) in [4.78, 5) is 18.2. The quantitative estimate of drug-likeness (QED) is 0.749. The first kappa shape index (κ1) is 11.6. The molecule has 0 saturated carbocycles. The fourth-order valence-electron chi connectivity index (χ4n) is 1.66. The molecule has 2 rings (SSSR count). The van der Waals surface area contributed by atoms with Crippen molar-refractivity contribution in [3.05, 3.63) is 29.6 Å². The summed E-state index contributed by atoms with van der Waals surface area (Å²) in [5, 5.41) is 18.0. The number of aliphatic hydroxyl groups is 1. The molecule has 17 heavy (non-hydrogen) atoms. The number of aryl methyl sites for hydroxylation is 1. The fraction of sp³-hybridized carbons (Fsp3) is 0.333. The molecule has 90 valence electrons. The second-order valence-electron chi connectivity index (χ2n) is 4.11. The third-order valence-corrected chi connectivity index (χ3v) is 2.58. The average Bonchev–Trinajstić information content (AvgIpc) is 2.67. The Balaban J connectivity index is 2.27. The minimum Gasteiger partial charge on any atom is -0.478 e. The van der Waals surface area contributed by atoms with Crippen molar-refractivity contribution in [1.82, 2.24) is 9.97 Å². The van der Waals surface area contributed by atoms with Gasteiger partial charge in [0.15, 0.2) is 0 Å². The van der Waals surface area contributed by atoms with Crippen molar-refractivity contribution >= 4 is 17.0 Å². The van der Waals surface area contributed by atoms with Gasteiger partial charge in [0.2, 0.25) is 0 Å². The molecule has 1 aromatic heterocycles. The molecule has 0 aliphatic carbocycles. The van der Waals surface area contributed by atoms with Crippen molar-refractivity contribution in [2.24, 2.45) is 0 Å². The zero-order valence-electron chi connectivity index (χ0n) is 9.47. The monoisotopic (exact) mass is 234 g/mol.